The fraction of sp³-hybridized carbons (Fsp3) is 0.188. The molecular formula is C16H17ClN2. The molecule has 0 heterocycles. The van der Waals surface area contributed by atoms with Crippen LogP contribution in [0.5, 0.6) is 0 Å². The average Bonchev–Trinajstić information content (AvgIpc) is 2.43. The van der Waals surface area contributed by atoms with Gasteiger partial charge < -0.3 is 0 Å². The Morgan fingerprint density at radius 1 is 1.05 bits per heavy atom. The van der Waals surface area contributed by atoms with Crippen LogP contribution in [0, 0.1) is 6.92 Å². The number of hydrogen-bond acceptors (Lipinski definition) is 2. The van der Waals surface area contributed by atoms with Gasteiger partial charge >= 0.3 is 0 Å². The van der Waals surface area contributed by atoms with Gasteiger partial charge in [-0.1, -0.05) is 48.4 Å². The molecule has 3 heteroatoms. The summed E-state index contributed by atoms with van der Waals surface area (Å²) in [5, 5.41) is 5.19. The minimum Gasteiger partial charge on any atom is -0.278 e. The van der Waals surface area contributed by atoms with Crippen molar-refractivity contribution < 1.29 is 0 Å². The lowest BCUT2D eigenvalue weighted by atomic mass is 10.1. The molecular weight excluding hydrogens is 256 g/mol. The summed E-state index contributed by atoms with van der Waals surface area (Å²) in [6.07, 6.45) is 0.879. The van der Waals surface area contributed by atoms with E-state index in [2.05, 4.69) is 48.6 Å². The molecule has 1 N–H and O–H groups in total. The number of nitrogens with zero attached hydrogens (tertiary/aromatic N) is 1. The van der Waals surface area contributed by atoms with Gasteiger partial charge in [-0.25, -0.2) is 0 Å². The van der Waals surface area contributed by atoms with Crippen molar-refractivity contribution in [1.82, 2.24) is 0 Å². The highest BCUT2D eigenvalue weighted by Gasteiger charge is 2.00. The largest absolute Gasteiger partial charge is 0.278 e. The van der Waals surface area contributed by atoms with Crippen molar-refractivity contribution in [1.29, 1.82) is 0 Å². The molecule has 2 nitrogen and oxygen atoms in total. The molecule has 0 fully saturated rings. The fourth-order valence-electron chi connectivity index (χ4n) is 1.75. The fourth-order valence-corrected chi connectivity index (χ4v) is 1.88. The van der Waals surface area contributed by atoms with Gasteiger partial charge in [0.05, 0.1) is 11.4 Å². The topological polar surface area (TPSA) is 24.4 Å². The number of hydrogen-bond donors (Lipinski definition) is 1. The van der Waals surface area contributed by atoms with Crippen molar-refractivity contribution in [2.24, 2.45) is 5.10 Å². The second kappa shape index (κ2) is 6.39. The zero-order valence-electron chi connectivity index (χ0n) is 11.2. The Morgan fingerprint density at radius 3 is 2.26 bits per heavy atom. The van der Waals surface area contributed by atoms with Crippen molar-refractivity contribution in [2.45, 2.75) is 20.3 Å². The lowest BCUT2D eigenvalue weighted by Gasteiger charge is -2.06. The van der Waals surface area contributed by atoms with Gasteiger partial charge in [-0.3, -0.25) is 5.43 Å². The number of aryl methyl sites for hydroxylation is 1. The molecule has 0 saturated heterocycles. The van der Waals surface area contributed by atoms with Crippen molar-refractivity contribution in [3.05, 3.63) is 64.7 Å². The molecule has 0 atom stereocenters. The highest BCUT2D eigenvalue weighted by Crippen LogP contribution is 2.14. The van der Waals surface area contributed by atoms with E-state index in [0.29, 0.717) is 0 Å². The number of halogens is 1. The number of nitrogens with one attached hydrogen (secondary N) is 1. The summed E-state index contributed by atoms with van der Waals surface area (Å²) < 4.78 is 0. The first-order valence-corrected chi connectivity index (χ1v) is 6.72. The van der Waals surface area contributed by atoms with E-state index in [1.807, 2.05) is 24.3 Å². The van der Waals surface area contributed by atoms with E-state index in [4.69, 9.17) is 11.6 Å². The van der Waals surface area contributed by atoms with E-state index < -0.39 is 0 Å². The molecule has 2 aromatic rings. The zero-order valence-corrected chi connectivity index (χ0v) is 11.9. The first-order valence-electron chi connectivity index (χ1n) is 6.34. The van der Waals surface area contributed by atoms with E-state index in [1.54, 1.807) is 0 Å². The summed E-state index contributed by atoms with van der Waals surface area (Å²) in [6, 6.07) is 15.9. The van der Waals surface area contributed by atoms with Crippen LogP contribution < -0.4 is 5.43 Å². The molecule has 0 unspecified atom stereocenters. The Morgan fingerprint density at radius 2 is 1.68 bits per heavy atom. The number of rotatable bonds is 4. The summed E-state index contributed by atoms with van der Waals surface area (Å²) in [5.41, 5.74) is 7.44. The molecule has 0 aromatic heterocycles. The highest BCUT2D eigenvalue weighted by atomic mass is 35.5. The Hall–Kier alpha value is -1.80. The Balaban J connectivity index is 2.15. The smallest absolute Gasteiger partial charge is 0.0676 e. The third-order valence-electron chi connectivity index (χ3n) is 2.88. The second-order valence-electron chi connectivity index (χ2n) is 4.40. The standard InChI is InChI=1S/C16H17ClN2/c1-3-16(13-6-4-12(2)5-7-13)19-18-15-10-8-14(17)9-11-15/h4-11,18H,3H2,1-2H3/b19-16+. The van der Waals surface area contributed by atoms with Gasteiger partial charge in [0, 0.05) is 5.02 Å². The van der Waals surface area contributed by atoms with Crippen molar-refractivity contribution in [3.63, 3.8) is 0 Å². The van der Waals surface area contributed by atoms with Gasteiger partial charge in [0.15, 0.2) is 0 Å². The van der Waals surface area contributed by atoms with Crippen LogP contribution in [-0.2, 0) is 0 Å². The number of benzene rings is 2. The van der Waals surface area contributed by atoms with Crippen molar-refractivity contribution in [2.75, 3.05) is 5.43 Å². The maximum atomic E-state index is 5.85. The summed E-state index contributed by atoms with van der Waals surface area (Å²) in [7, 11) is 0. The molecule has 0 aliphatic rings. The summed E-state index contributed by atoms with van der Waals surface area (Å²) in [4.78, 5) is 0. The molecule has 0 aliphatic heterocycles. The monoisotopic (exact) mass is 272 g/mol. The maximum absolute atomic E-state index is 5.85. The minimum absolute atomic E-state index is 0.726. The van der Waals surface area contributed by atoms with Crippen LogP contribution in [-0.4, -0.2) is 5.71 Å². The molecule has 98 valence electrons. The van der Waals surface area contributed by atoms with Gasteiger partial charge in [0.2, 0.25) is 0 Å². The lowest BCUT2D eigenvalue weighted by Crippen LogP contribution is -2.03. The molecule has 2 rings (SSSR count). The van der Waals surface area contributed by atoms with Crippen LogP contribution in [0.2, 0.25) is 5.02 Å². The van der Waals surface area contributed by atoms with Crippen LogP contribution in [0.1, 0.15) is 24.5 Å². The SMILES string of the molecule is CC/C(=N\Nc1ccc(Cl)cc1)c1ccc(C)cc1. The Labute approximate surface area is 119 Å². The third kappa shape index (κ3) is 3.83. The highest BCUT2D eigenvalue weighted by molar-refractivity contribution is 6.30. The van der Waals surface area contributed by atoms with Crippen LogP contribution in [0.25, 0.3) is 0 Å². The maximum Gasteiger partial charge on any atom is 0.0676 e. The Bertz CT molecular complexity index is 556. The van der Waals surface area contributed by atoms with E-state index >= 15 is 0 Å². The predicted molar refractivity (Wildman–Crippen MR) is 83.1 cm³/mol. The van der Waals surface area contributed by atoms with Gasteiger partial charge in [-0.15, -0.1) is 0 Å². The molecule has 0 radical (unpaired) electrons. The second-order valence-corrected chi connectivity index (χ2v) is 4.83. The average molecular weight is 273 g/mol. The van der Waals surface area contributed by atoms with E-state index in [1.165, 1.54) is 5.56 Å². The van der Waals surface area contributed by atoms with Crippen molar-refractivity contribution >= 4 is 23.0 Å². The van der Waals surface area contributed by atoms with Crippen LogP contribution in [0.3, 0.4) is 0 Å². The first-order chi connectivity index (χ1) is 9.19. The van der Waals surface area contributed by atoms with Crippen LogP contribution in [0.15, 0.2) is 53.6 Å². The van der Waals surface area contributed by atoms with Gasteiger partial charge in [0.1, 0.15) is 0 Å². The van der Waals surface area contributed by atoms with E-state index in [0.717, 1.165) is 28.4 Å². The number of hydrazone groups is 1. The van der Waals surface area contributed by atoms with Gasteiger partial charge in [-0.2, -0.15) is 5.10 Å². The molecule has 0 aliphatic carbocycles. The van der Waals surface area contributed by atoms with E-state index in [-0.39, 0.29) is 0 Å². The number of anilines is 1. The molecule has 0 spiro atoms. The quantitative estimate of drug-likeness (QED) is 0.623. The summed E-state index contributed by atoms with van der Waals surface area (Å²) in [5.74, 6) is 0. The van der Waals surface area contributed by atoms with Crippen LogP contribution >= 0.6 is 11.6 Å². The zero-order chi connectivity index (χ0) is 13.7. The molecule has 19 heavy (non-hydrogen) atoms. The predicted octanol–water partition coefficient (Wildman–Crippen LogP) is 4.87. The van der Waals surface area contributed by atoms with Crippen molar-refractivity contribution in [3.8, 4) is 0 Å². The summed E-state index contributed by atoms with van der Waals surface area (Å²) >= 11 is 5.85. The van der Waals surface area contributed by atoms with E-state index in [9.17, 15) is 0 Å². The summed E-state index contributed by atoms with van der Waals surface area (Å²) in [6.45, 7) is 4.18. The van der Waals surface area contributed by atoms with Gasteiger partial charge in [0.25, 0.3) is 0 Å². The molecule has 0 bridgehead atoms. The third-order valence-corrected chi connectivity index (χ3v) is 3.14. The minimum atomic E-state index is 0.726. The molecule has 0 amide bonds. The first kappa shape index (κ1) is 13.6. The van der Waals surface area contributed by atoms with Crippen LogP contribution in [0.4, 0.5) is 5.69 Å². The molecule has 0 saturated carbocycles. The Kier molecular flexibility index (Phi) is 4.58. The lowest BCUT2D eigenvalue weighted by molar-refractivity contribution is 1.22. The normalized spacial score (nSPS) is 11.4. The van der Waals surface area contributed by atoms with Gasteiger partial charge in [-0.05, 0) is 43.2 Å². The molecule has 2 aromatic carbocycles.